The number of piperidine rings is 1. The van der Waals surface area contributed by atoms with Gasteiger partial charge in [-0.3, -0.25) is 4.79 Å². The molecule has 24 heavy (non-hydrogen) atoms. The molecule has 6 nitrogen and oxygen atoms in total. The molecule has 0 N–H and O–H groups in total. The Labute approximate surface area is 144 Å². The SMILES string of the molecule is COc1ccc(C(C)N(C)C(=O)C2CCCN(S(C)(=O)=O)C2)cc1. The molecular weight excluding hydrogens is 328 g/mol. The van der Waals surface area contributed by atoms with E-state index in [9.17, 15) is 13.2 Å². The van der Waals surface area contributed by atoms with Crippen molar-refractivity contribution in [2.24, 2.45) is 5.92 Å². The van der Waals surface area contributed by atoms with Crippen LogP contribution >= 0.6 is 0 Å². The van der Waals surface area contributed by atoms with Crippen LogP contribution in [0.25, 0.3) is 0 Å². The molecule has 0 spiro atoms. The van der Waals surface area contributed by atoms with Crippen LogP contribution < -0.4 is 4.74 Å². The number of amides is 1. The number of sulfonamides is 1. The molecule has 7 heteroatoms. The lowest BCUT2D eigenvalue weighted by Crippen LogP contribution is -2.46. The minimum atomic E-state index is -3.25. The van der Waals surface area contributed by atoms with Crippen LogP contribution in [0.4, 0.5) is 0 Å². The Bertz CT molecular complexity index is 672. The molecule has 1 aliphatic rings. The standard InChI is InChI=1S/C17H26N2O4S/c1-13(14-7-9-16(23-3)10-8-14)18(2)17(20)15-6-5-11-19(12-15)24(4,21)22/h7-10,13,15H,5-6,11-12H2,1-4H3. The van der Waals surface area contributed by atoms with Crippen LogP contribution in [0, 0.1) is 5.92 Å². The highest BCUT2D eigenvalue weighted by atomic mass is 32.2. The Morgan fingerprint density at radius 2 is 1.96 bits per heavy atom. The van der Waals surface area contributed by atoms with Gasteiger partial charge in [0.2, 0.25) is 15.9 Å². The molecule has 2 atom stereocenters. The predicted molar refractivity (Wildman–Crippen MR) is 93.3 cm³/mol. The molecule has 1 aromatic rings. The van der Waals surface area contributed by atoms with Gasteiger partial charge in [0.25, 0.3) is 0 Å². The number of hydrogen-bond donors (Lipinski definition) is 0. The maximum absolute atomic E-state index is 12.8. The Balaban J connectivity index is 2.07. The largest absolute Gasteiger partial charge is 0.497 e. The number of hydrogen-bond acceptors (Lipinski definition) is 4. The van der Waals surface area contributed by atoms with E-state index in [1.165, 1.54) is 10.6 Å². The zero-order valence-corrected chi connectivity index (χ0v) is 15.5. The maximum atomic E-state index is 12.8. The molecule has 0 radical (unpaired) electrons. The zero-order valence-electron chi connectivity index (χ0n) is 14.7. The molecule has 0 bridgehead atoms. The smallest absolute Gasteiger partial charge is 0.227 e. The van der Waals surface area contributed by atoms with Gasteiger partial charge in [0.05, 0.1) is 25.3 Å². The van der Waals surface area contributed by atoms with Gasteiger partial charge in [0.15, 0.2) is 0 Å². The van der Waals surface area contributed by atoms with Crippen LogP contribution in [0.15, 0.2) is 24.3 Å². The van der Waals surface area contributed by atoms with Crippen molar-refractivity contribution in [1.82, 2.24) is 9.21 Å². The molecule has 1 aliphatic heterocycles. The number of carbonyl (C=O) groups is 1. The minimum Gasteiger partial charge on any atom is -0.497 e. The molecule has 1 amide bonds. The molecule has 2 rings (SSSR count). The number of ether oxygens (including phenoxy) is 1. The van der Waals surface area contributed by atoms with Gasteiger partial charge >= 0.3 is 0 Å². The quantitative estimate of drug-likeness (QED) is 0.810. The summed E-state index contributed by atoms with van der Waals surface area (Å²) in [6.07, 6.45) is 2.64. The summed E-state index contributed by atoms with van der Waals surface area (Å²) in [6, 6.07) is 7.54. The highest BCUT2D eigenvalue weighted by Gasteiger charge is 2.33. The number of methoxy groups -OCH3 is 1. The molecule has 1 fully saturated rings. The summed E-state index contributed by atoms with van der Waals surface area (Å²) in [6.45, 7) is 2.74. The van der Waals surface area contributed by atoms with E-state index in [2.05, 4.69) is 0 Å². The summed E-state index contributed by atoms with van der Waals surface area (Å²) in [5, 5.41) is 0. The first kappa shape index (κ1) is 18.7. The molecule has 0 saturated carbocycles. The Morgan fingerprint density at radius 1 is 1.33 bits per heavy atom. The van der Waals surface area contributed by atoms with E-state index in [0.717, 1.165) is 17.7 Å². The average Bonchev–Trinajstić information content (AvgIpc) is 2.59. The van der Waals surface area contributed by atoms with Gasteiger partial charge in [-0.25, -0.2) is 12.7 Å². The van der Waals surface area contributed by atoms with Crippen molar-refractivity contribution in [3.8, 4) is 5.75 Å². The molecule has 0 aromatic heterocycles. The lowest BCUT2D eigenvalue weighted by molar-refractivity contribution is -0.137. The second kappa shape index (κ2) is 7.53. The third-order valence-corrected chi connectivity index (χ3v) is 6.00. The van der Waals surface area contributed by atoms with E-state index in [1.54, 1.807) is 19.1 Å². The van der Waals surface area contributed by atoms with E-state index in [4.69, 9.17) is 4.74 Å². The van der Waals surface area contributed by atoms with Gasteiger partial charge < -0.3 is 9.64 Å². The summed E-state index contributed by atoms with van der Waals surface area (Å²) >= 11 is 0. The molecule has 1 heterocycles. The summed E-state index contributed by atoms with van der Waals surface area (Å²) in [5.41, 5.74) is 1.02. The Kier molecular flexibility index (Phi) is 5.87. The highest BCUT2D eigenvalue weighted by Crippen LogP contribution is 2.26. The summed E-state index contributed by atoms with van der Waals surface area (Å²) in [7, 11) is 0.141. The molecule has 1 saturated heterocycles. The number of rotatable bonds is 5. The van der Waals surface area contributed by atoms with Crippen LogP contribution in [-0.4, -0.2) is 57.0 Å². The van der Waals surface area contributed by atoms with Crippen molar-refractivity contribution < 1.29 is 17.9 Å². The van der Waals surface area contributed by atoms with Crippen molar-refractivity contribution in [2.45, 2.75) is 25.8 Å². The summed E-state index contributed by atoms with van der Waals surface area (Å²) < 4.78 is 30.0. The molecule has 2 unspecified atom stereocenters. The van der Waals surface area contributed by atoms with Gasteiger partial charge in [-0.2, -0.15) is 0 Å². The lowest BCUT2D eigenvalue weighted by Gasteiger charge is -2.34. The summed E-state index contributed by atoms with van der Waals surface area (Å²) in [4.78, 5) is 14.5. The third-order valence-electron chi connectivity index (χ3n) is 4.73. The van der Waals surface area contributed by atoms with Gasteiger partial charge in [-0.05, 0) is 37.5 Å². The van der Waals surface area contributed by atoms with Crippen molar-refractivity contribution in [3.05, 3.63) is 29.8 Å². The van der Waals surface area contributed by atoms with Gasteiger partial charge in [-0.1, -0.05) is 12.1 Å². The first-order chi connectivity index (χ1) is 11.2. The molecule has 1 aromatic carbocycles. The van der Waals surface area contributed by atoms with Crippen molar-refractivity contribution >= 4 is 15.9 Å². The van der Waals surface area contributed by atoms with E-state index in [0.29, 0.717) is 13.0 Å². The first-order valence-corrected chi connectivity index (χ1v) is 9.94. The first-order valence-electron chi connectivity index (χ1n) is 8.09. The summed E-state index contributed by atoms with van der Waals surface area (Å²) in [5.74, 6) is 0.488. The molecule has 134 valence electrons. The number of benzene rings is 1. The fourth-order valence-corrected chi connectivity index (χ4v) is 3.94. The second-order valence-electron chi connectivity index (χ2n) is 6.36. The third kappa shape index (κ3) is 4.27. The van der Waals surface area contributed by atoms with E-state index in [-0.39, 0.29) is 24.4 Å². The van der Waals surface area contributed by atoms with Crippen LogP contribution in [0.1, 0.15) is 31.4 Å². The normalized spacial score (nSPS) is 20.4. The predicted octanol–water partition coefficient (Wildman–Crippen LogP) is 1.89. The van der Waals surface area contributed by atoms with Crippen LogP contribution in [0.3, 0.4) is 0 Å². The van der Waals surface area contributed by atoms with Gasteiger partial charge in [-0.15, -0.1) is 0 Å². The fraction of sp³-hybridized carbons (Fsp3) is 0.588. The monoisotopic (exact) mass is 354 g/mol. The minimum absolute atomic E-state index is 0.00771. The Morgan fingerprint density at radius 3 is 2.50 bits per heavy atom. The Hall–Kier alpha value is -1.60. The molecular formula is C17H26N2O4S. The lowest BCUT2D eigenvalue weighted by atomic mass is 9.97. The number of carbonyl (C=O) groups excluding carboxylic acids is 1. The average molecular weight is 354 g/mol. The van der Waals surface area contributed by atoms with E-state index < -0.39 is 10.0 Å². The van der Waals surface area contributed by atoms with Crippen molar-refractivity contribution in [3.63, 3.8) is 0 Å². The fourth-order valence-electron chi connectivity index (χ4n) is 3.03. The van der Waals surface area contributed by atoms with Gasteiger partial charge in [0, 0.05) is 20.1 Å². The van der Waals surface area contributed by atoms with Crippen LogP contribution in [0.2, 0.25) is 0 Å². The zero-order chi connectivity index (χ0) is 17.9. The van der Waals surface area contributed by atoms with Crippen LogP contribution in [0.5, 0.6) is 5.75 Å². The van der Waals surface area contributed by atoms with Crippen molar-refractivity contribution in [1.29, 1.82) is 0 Å². The van der Waals surface area contributed by atoms with E-state index in [1.807, 2.05) is 31.2 Å². The number of nitrogens with zero attached hydrogens (tertiary/aromatic N) is 2. The van der Waals surface area contributed by atoms with Crippen LogP contribution in [-0.2, 0) is 14.8 Å². The topological polar surface area (TPSA) is 66.9 Å². The van der Waals surface area contributed by atoms with Crippen molar-refractivity contribution in [2.75, 3.05) is 33.5 Å². The molecule has 0 aliphatic carbocycles. The second-order valence-corrected chi connectivity index (χ2v) is 8.34. The van der Waals surface area contributed by atoms with E-state index >= 15 is 0 Å². The van der Waals surface area contributed by atoms with Gasteiger partial charge in [0.1, 0.15) is 5.75 Å². The highest BCUT2D eigenvalue weighted by molar-refractivity contribution is 7.88. The maximum Gasteiger partial charge on any atom is 0.227 e.